The minimum Gasteiger partial charge on any atom is -0.497 e. The summed E-state index contributed by atoms with van der Waals surface area (Å²) in [7, 11) is 1.64. The second-order valence-electron chi connectivity index (χ2n) is 8.21. The fourth-order valence-corrected chi connectivity index (χ4v) is 3.33. The second kappa shape index (κ2) is 9.07. The molecular weight excluding hydrogens is 368 g/mol. The number of benzene rings is 2. The fraction of sp³-hybridized carbons (Fsp3) is 0.435. The van der Waals surface area contributed by atoms with Crippen molar-refractivity contribution in [2.24, 2.45) is 0 Å². The summed E-state index contributed by atoms with van der Waals surface area (Å²) in [4.78, 5) is 14.4. The molecule has 1 fully saturated rings. The predicted molar refractivity (Wildman–Crippen MR) is 114 cm³/mol. The van der Waals surface area contributed by atoms with Crippen LogP contribution < -0.4 is 19.7 Å². The Morgan fingerprint density at radius 2 is 1.79 bits per heavy atom. The van der Waals surface area contributed by atoms with Crippen LogP contribution in [0.15, 0.2) is 48.5 Å². The molecule has 1 atom stereocenters. The molecule has 3 rings (SSSR count). The van der Waals surface area contributed by atoms with Crippen LogP contribution in [-0.4, -0.2) is 37.9 Å². The van der Waals surface area contributed by atoms with Gasteiger partial charge in [0, 0.05) is 30.9 Å². The van der Waals surface area contributed by atoms with Gasteiger partial charge in [0.25, 0.3) is 0 Å². The highest BCUT2D eigenvalue weighted by molar-refractivity contribution is 5.68. The summed E-state index contributed by atoms with van der Waals surface area (Å²) in [5, 5.41) is 2.99. The van der Waals surface area contributed by atoms with Crippen molar-refractivity contribution >= 4 is 11.8 Å². The van der Waals surface area contributed by atoms with Gasteiger partial charge in [-0.2, -0.15) is 0 Å². The molecule has 0 radical (unpaired) electrons. The normalized spacial score (nSPS) is 16.8. The van der Waals surface area contributed by atoms with Crippen molar-refractivity contribution < 1.29 is 19.0 Å². The minimum absolute atomic E-state index is 0.0600. The molecular formula is C23H30N2O4. The molecule has 6 nitrogen and oxygen atoms in total. The Morgan fingerprint density at radius 3 is 2.48 bits per heavy atom. The maximum Gasteiger partial charge on any atom is 0.407 e. The number of carbonyl (C=O) groups is 1. The van der Waals surface area contributed by atoms with Crippen molar-refractivity contribution in [2.75, 3.05) is 25.1 Å². The number of piperidine rings is 1. The zero-order valence-electron chi connectivity index (χ0n) is 17.6. The lowest BCUT2D eigenvalue weighted by molar-refractivity contribution is 0.0500. The van der Waals surface area contributed by atoms with E-state index in [-0.39, 0.29) is 12.1 Å². The summed E-state index contributed by atoms with van der Waals surface area (Å²) in [5.41, 5.74) is 0.581. The van der Waals surface area contributed by atoms with Gasteiger partial charge in [-0.1, -0.05) is 6.07 Å². The lowest BCUT2D eigenvalue weighted by Crippen LogP contribution is -2.49. The van der Waals surface area contributed by atoms with Crippen molar-refractivity contribution in [1.82, 2.24) is 5.32 Å². The molecule has 2 aromatic rings. The Kier molecular flexibility index (Phi) is 6.52. The van der Waals surface area contributed by atoms with E-state index >= 15 is 0 Å². The smallest absolute Gasteiger partial charge is 0.407 e. The van der Waals surface area contributed by atoms with E-state index in [9.17, 15) is 4.79 Å². The van der Waals surface area contributed by atoms with Gasteiger partial charge in [0.1, 0.15) is 22.8 Å². The first-order valence-corrected chi connectivity index (χ1v) is 9.99. The van der Waals surface area contributed by atoms with E-state index in [1.165, 1.54) is 0 Å². The number of hydrogen-bond donors (Lipinski definition) is 1. The molecule has 0 unspecified atom stereocenters. The van der Waals surface area contributed by atoms with E-state index in [1.807, 2.05) is 63.2 Å². The Balaban J connectivity index is 1.62. The third-order valence-corrected chi connectivity index (χ3v) is 4.62. The van der Waals surface area contributed by atoms with Gasteiger partial charge in [-0.05, 0) is 70.0 Å². The molecule has 2 aromatic carbocycles. The molecule has 1 saturated heterocycles. The number of hydrogen-bond acceptors (Lipinski definition) is 5. The minimum atomic E-state index is -0.494. The molecule has 0 spiro atoms. The summed E-state index contributed by atoms with van der Waals surface area (Å²) < 4.78 is 16.6. The van der Waals surface area contributed by atoms with Gasteiger partial charge in [-0.3, -0.25) is 0 Å². The molecule has 0 saturated carbocycles. The maximum absolute atomic E-state index is 12.1. The molecule has 1 aliphatic rings. The van der Waals surface area contributed by atoms with E-state index in [1.54, 1.807) is 7.11 Å². The van der Waals surface area contributed by atoms with Crippen molar-refractivity contribution in [1.29, 1.82) is 0 Å². The first-order chi connectivity index (χ1) is 13.8. The van der Waals surface area contributed by atoms with Crippen LogP contribution in [0.5, 0.6) is 17.2 Å². The average Bonchev–Trinajstić information content (AvgIpc) is 2.67. The maximum atomic E-state index is 12.1. The number of alkyl carbamates (subject to hydrolysis) is 1. The zero-order valence-corrected chi connectivity index (χ0v) is 17.6. The van der Waals surface area contributed by atoms with Crippen LogP contribution in [0.1, 0.15) is 33.6 Å². The molecule has 6 heteroatoms. The molecule has 156 valence electrons. The second-order valence-corrected chi connectivity index (χ2v) is 8.21. The third kappa shape index (κ3) is 6.31. The largest absolute Gasteiger partial charge is 0.497 e. The van der Waals surface area contributed by atoms with Gasteiger partial charge >= 0.3 is 6.09 Å². The Labute approximate surface area is 172 Å². The van der Waals surface area contributed by atoms with Crippen LogP contribution in [0.4, 0.5) is 10.5 Å². The Morgan fingerprint density at radius 1 is 1.07 bits per heavy atom. The monoisotopic (exact) mass is 398 g/mol. The molecule has 0 bridgehead atoms. The van der Waals surface area contributed by atoms with Gasteiger partial charge in [0.2, 0.25) is 0 Å². The summed E-state index contributed by atoms with van der Waals surface area (Å²) in [5.74, 6) is 2.32. The predicted octanol–water partition coefficient (Wildman–Crippen LogP) is 4.98. The summed E-state index contributed by atoms with van der Waals surface area (Å²) in [6, 6.07) is 15.6. The van der Waals surface area contributed by atoms with Gasteiger partial charge in [-0.25, -0.2) is 4.79 Å². The first kappa shape index (κ1) is 20.8. The Bertz CT molecular complexity index is 814. The van der Waals surface area contributed by atoms with E-state index in [0.717, 1.165) is 48.9 Å². The number of rotatable bonds is 5. The number of anilines is 1. The van der Waals surface area contributed by atoms with Crippen LogP contribution in [-0.2, 0) is 4.74 Å². The van der Waals surface area contributed by atoms with Crippen LogP contribution in [0.3, 0.4) is 0 Å². The van der Waals surface area contributed by atoms with Crippen LogP contribution in [0, 0.1) is 0 Å². The molecule has 29 heavy (non-hydrogen) atoms. The topological polar surface area (TPSA) is 60.0 Å². The van der Waals surface area contributed by atoms with Crippen LogP contribution in [0.2, 0.25) is 0 Å². The molecule has 0 aliphatic carbocycles. The lowest BCUT2D eigenvalue weighted by Gasteiger charge is -2.35. The van der Waals surface area contributed by atoms with Gasteiger partial charge in [0.15, 0.2) is 0 Å². The van der Waals surface area contributed by atoms with Crippen LogP contribution >= 0.6 is 0 Å². The zero-order chi connectivity index (χ0) is 20.9. The number of methoxy groups -OCH3 is 1. The van der Waals surface area contributed by atoms with E-state index in [4.69, 9.17) is 14.2 Å². The fourth-order valence-electron chi connectivity index (χ4n) is 3.33. The molecule has 1 aliphatic heterocycles. The van der Waals surface area contributed by atoms with Crippen molar-refractivity contribution in [3.05, 3.63) is 48.5 Å². The van der Waals surface area contributed by atoms with Gasteiger partial charge < -0.3 is 24.4 Å². The van der Waals surface area contributed by atoms with Crippen molar-refractivity contribution in [2.45, 2.75) is 45.3 Å². The third-order valence-electron chi connectivity index (χ3n) is 4.62. The van der Waals surface area contributed by atoms with E-state index < -0.39 is 5.60 Å². The number of carbonyl (C=O) groups excluding carboxylic acids is 1. The summed E-state index contributed by atoms with van der Waals surface area (Å²) in [6.07, 6.45) is 1.59. The summed E-state index contributed by atoms with van der Waals surface area (Å²) >= 11 is 0. The highest BCUT2D eigenvalue weighted by Gasteiger charge is 2.24. The average molecular weight is 399 g/mol. The van der Waals surface area contributed by atoms with Crippen molar-refractivity contribution in [3.8, 4) is 17.2 Å². The van der Waals surface area contributed by atoms with Crippen molar-refractivity contribution in [3.63, 3.8) is 0 Å². The van der Waals surface area contributed by atoms with Crippen LogP contribution in [0.25, 0.3) is 0 Å². The van der Waals surface area contributed by atoms with E-state index in [0.29, 0.717) is 0 Å². The summed E-state index contributed by atoms with van der Waals surface area (Å²) in [6.45, 7) is 7.29. The van der Waals surface area contributed by atoms with Gasteiger partial charge in [-0.15, -0.1) is 0 Å². The van der Waals surface area contributed by atoms with E-state index in [2.05, 4.69) is 16.3 Å². The van der Waals surface area contributed by atoms with Gasteiger partial charge in [0.05, 0.1) is 7.11 Å². The number of amides is 1. The number of nitrogens with zero attached hydrogens (tertiary/aromatic N) is 1. The first-order valence-electron chi connectivity index (χ1n) is 9.99. The Hall–Kier alpha value is -2.89. The lowest BCUT2D eigenvalue weighted by atomic mass is 10.0. The highest BCUT2D eigenvalue weighted by Crippen LogP contribution is 2.28. The number of nitrogens with one attached hydrogen (secondary N) is 1. The number of ether oxygens (including phenoxy) is 3. The molecule has 1 N–H and O–H groups in total. The SMILES string of the molecule is COc1ccc(Oc2cccc(N3CCC[C@H](NC(=O)OC(C)(C)C)C3)c2)cc1. The standard InChI is InChI=1S/C23H30N2O4/c1-23(2,3)29-22(26)24-17-7-6-14-25(16-17)18-8-5-9-21(15-18)28-20-12-10-19(27-4)11-13-20/h5,8-13,15,17H,6-7,14,16H2,1-4H3,(H,24,26)/t17-/m0/s1. The molecule has 0 aromatic heterocycles. The highest BCUT2D eigenvalue weighted by atomic mass is 16.6. The molecule has 1 amide bonds. The quantitative estimate of drug-likeness (QED) is 0.770. The molecule has 1 heterocycles.